The summed E-state index contributed by atoms with van der Waals surface area (Å²) in [6.07, 6.45) is 3.94. The smallest absolute Gasteiger partial charge is 0.119 e. The lowest BCUT2D eigenvalue weighted by Gasteiger charge is -2.32. The summed E-state index contributed by atoms with van der Waals surface area (Å²) in [6, 6.07) is 7.27. The van der Waals surface area contributed by atoms with E-state index < -0.39 is 0 Å². The van der Waals surface area contributed by atoms with Gasteiger partial charge in [0.05, 0.1) is 7.11 Å². The Morgan fingerprint density at radius 2 is 2.27 bits per heavy atom. The van der Waals surface area contributed by atoms with Gasteiger partial charge in [0.2, 0.25) is 0 Å². The minimum Gasteiger partial charge on any atom is -0.497 e. The minimum atomic E-state index is 0.737. The molecule has 5 atom stereocenters. The predicted molar refractivity (Wildman–Crippen MR) is 88.5 cm³/mol. The van der Waals surface area contributed by atoms with E-state index in [1.165, 1.54) is 43.3 Å². The van der Waals surface area contributed by atoms with E-state index in [1.807, 2.05) is 0 Å². The van der Waals surface area contributed by atoms with Crippen LogP contribution in [0.1, 0.15) is 36.9 Å². The number of nitrogens with zero attached hydrogens (tertiary/aromatic N) is 1. The Kier molecular flexibility index (Phi) is 2.67. The highest BCUT2D eigenvalue weighted by atomic mass is 16.5. The number of fused-ring (bicyclic) bond motifs is 3. The lowest BCUT2D eigenvalue weighted by atomic mass is 9.91. The molecule has 0 radical (unpaired) electrons. The zero-order valence-electron chi connectivity index (χ0n) is 13.4. The molecule has 0 amide bonds. The highest BCUT2D eigenvalue weighted by Crippen LogP contribution is 2.55. The fourth-order valence-corrected chi connectivity index (χ4v) is 5.62. The Balaban J connectivity index is 1.69. The average molecular weight is 296 g/mol. The molecule has 2 aliphatic heterocycles. The molecule has 1 N–H and O–H groups in total. The Bertz CT molecular complexity index is 734. The quantitative estimate of drug-likeness (QED) is 0.918. The number of aromatic amines is 1. The van der Waals surface area contributed by atoms with Gasteiger partial charge in [-0.25, -0.2) is 0 Å². The molecule has 1 saturated carbocycles. The molecule has 2 fully saturated rings. The van der Waals surface area contributed by atoms with Gasteiger partial charge >= 0.3 is 0 Å². The molecule has 5 rings (SSSR count). The second-order valence-electron chi connectivity index (χ2n) is 7.35. The van der Waals surface area contributed by atoms with Crippen molar-refractivity contribution in [2.24, 2.45) is 11.8 Å². The topological polar surface area (TPSA) is 28.3 Å². The van der Waals surface area contributed by atoms with Crippen molar-refractivity contribution in [1.29, 1.82) is 0 Å². The third-order valence-corrected chi connectivity index (χ3v) is 6.51. The van der Waals surface area contributed by atoms with Gasteiger partial charge in [-0.05, 0) is 48.4 Å². The summed E-state index contributed by atoms with van der Waals surface area (Å²) in [5.41, 5.74) is 4.40. The van der Waals surface area contributed by atoms with Gasteiger partial charge < -0.3 is 9.72 Å². The van der Waals surface area contributed by atoms with Crippen LogP contribution >= 0.6 is 0 Å². The molecular weight excluding hydrogens is 272 g/mol. The van der Waals surface area contributed by atoms with E-state index in [1.54, 1.807) is 18.4 Å². The van der Waals surface area contributed by atoms with E-state index in [-0.39, 0.29) is 0 Å². The molecule has 3 heterocycles. The Morgan fingerprint density at radius 1 is 1.36 bits per heavy atom. The van der Waals surface area contributed by atoms with Gasteiger partial charge in [0.1, 0.15) is 5.75 Å². The van der Waals surface area contributed by atoms with Gasteiger partial charge in [-0.1, -0.05) is 13.3 Å². The maximum absolute atomic E-state index is 5.44. The van der Waals surface area contributed by atoms with Crippen molar-refractivity contribution >= 4 is 10.9 Å². The summed E-state index contributed by atoms with van der Waals surface area (Å²) in [4.78, 5) is 6.58. The molecule has 3 nitrogen and oxygen atoms in total. The second-order valence-corrected chi connectivity index (χ2v) is 7.35. The summed E-state index contributed by atoms with van der Waals surface area (Å²) >= 11 is 0. The Morgan fingerprint density at radius 3 is 3.09 bits per heavy atom. The van der Waals surface area contributed by atoms with Crippen molar-refractivity contribution in [3.05, 3.63) is 29.5 Å². The lowest BCUT2D eigenvalue weighted by Crippen LogP contribution is -2.39. The van der Waals surface area contributed by atoms with Gasteiger partial charge in [-0.2, -0.15) is 0 Å². The van der Waals surface area contributed by atoms with Crippen LogP contribution in [-0.2, 0) is 6.42 Å². The molecular formula is C19H24N2O. The number of hydrogen-bond donors (Lipinski definition) is 1. The van der Waals surface area contributed by atoms with E-state index in [0.29, 0.717) is 0 Å². The predicted octanol–water partition coefficient (Wildman–Crippen LogP) is 3.55. The van der Waals surface area contributed by atoms with E-state index in [4.69, 9.17) is 4.74 Å². The molecule has 4 bridgehead atoms. The zero-order chi connectivity index (χ0) is 14.8. The average Bonchev–Trinajstić information content (AvgIpc) is 3.15. The number of ether oxygens (including phenoxy) is 1. The van der Waals surface area contributed by atoms with Crippen molar-refractivity contribution in [3.63, 3.8) is 0 Å². The number of benzene rings is 1. The van der Waals surface area contributed by atoms with Crippen LogP contribution in [0.15, 0.2) is 18.2 Å². The largest absolute Gasteiger partial charge is 0.497 e. The van der Waals surface area contributed by atoms with Crippen LogP contribution < -0.4 is 4.74 Å². The number of nitrogens with one attached hydrogen (secondary N) is 1. The molecule has 1 aromatic heterocycles. The van der Waals surface area contributed by atoms with E-state index in [2.05, 4.69) is 35.0 Å². The summed E-state index contributed by atoms with van der Waals surface area (Å²) in [7, 11) is 1.76. The van der Waals surface area contributed by atoms with Crippen molar-refractivity contribution in [2.45, 2.75) is 38.1 Å². The number of hydrogen-bond acceptors (Lipinski definition) is 2. The monoisotopic (exact) mass is 296 g/mol. The van der Waals surface area contributed by atoms with Crippen molar-refractivity contribution in [2.75, 3.05) is 20.2 Å². The van der Waals surface area contributed by atoms with E-state index in [0.717, 1.165) is 29.5 Å². The van der Waals surface area contributed by atoms with Gasteiger partial charge in [-0.3, -0.25) is 4.90 Å². The fourth-order valence-electron chi connectivity index (χ4n) is 5.62. The molecule has 1 aliphatic carbocycles. The van der Waals surface area contributed by atoms with Crippen molar-refractivity contribution < 1.29 is 4.74 Å². The van der Waals surface area contributed by atoms with Gasteiger partial charge in [0.25, 0.3) is 0 Å². The summed E-state index contributed by atoms with van der Waals surface area (Å²) in [6.45, 7) is 4.92. The van der Waals surface area contributed by atoms with Crippen LogP contribution in [0.5, 0.6) is 5.75 Å². The van der Waals surface area contributed by atoms with Gasteiger partial charge in [0.15, 0.2) is 0 Å². The molecule has 1 saturated heterocycles. The first-order valence-electron chi connectivity index (χ1n) is 8.72. The number of piperidine rings is 1. The molecule has 1 aromatic carbocycles. The highest BCUT2D eigenvalue weighted by Gasteiger charge is 2.54. The summed E-state index contributed by atoms with van der Waals surface area (Å²) in [5, 5.41) is 1.38. The Labute approximate surface area is 131 Å². The lowest BCUT2D eigenvalue weighted by molar-refractivity contribution is 0.156. The Hall–Kier alpha value is -1.48. The normalized spacial score (nSPS) is 35.6. The van der Waals surface area contributed by atoms with Crippen LogP contribution in [0.2, 0.25) is 0 Å². The fraction of sp³-hybridized carbons (Fsp3) is 0.579. The number of H-pyrrole nitrogens is 1. The molecule has 116 valence electrons. The number of rotatable bonds is 2. The third kappa shape index (κ3) is 1.55. The molecule has 3 aliphatic rings. The van der Waals surface area contributed by atoms with Crippen LogP contribution in [0.25, 0.3) is 10.9 Å². The molecule has 2 aromatic rings. The van der Waals surface area contributed by atoms with Gasteiger partial charge in [0, 0.05) is 41.6 Å². The van der Waals surface area contributed by atoms with Crippen LogP contribution in [0.4, 0.5) is 0 Å². The molecule has 22 heavy (non-hydrogen) atoms. The van der Waals surface area contributed by atoms with E-state index >= 15 is 0 Å². The zero-order valence-corrected chi connectivity index (χ0v) is 13.4. The minimum absolute atomic E-state index is 0.737. The third-order valence-electron chi connectivity index (χ3n) is 6.51. The van der Waals surface area contributed by atoms with Crippen LogP contribution in [0.3, 0.4) is 0 Å². The van der Waals surface area contributed by atoms with Gasteiger partial charge in [-0.15, -0.1) is 0 Å². The SMILES string of the molecule is CCC1C[C@@H]2CN3CCc4c([nH]c5ccc(OC)cc45)[C@H]2[C@H]13. The van der Waals surface area contributed by atoms with Crippen LogP contribution in [0, 0.1) is 11.8 Å². The first-order valence-corrected chi connectivity index (χ1v) is 8.72. The van der Waals surface area contributed by atoms with Crippen molar-refractivity contribution in [1.82, 2.24) is 9.88 Å². The maximum atomic E-state index is 5.44. The highest BCUT2D eigenvalue weighted by molar-refractivity contribution is 5.86. The summed E-state index contributed by atoms with van der Waals surface area (Å²) < 4.78 is 5.44. The first kappa shape index (κ1) is 13.0. The first-order chi connectivity index (χ1) is 10.8. The van der Waals surface area contributed by atoms with Crippen molar-refractivity contribution in [3.8, 4) is 5.75 Å². The summed E-state index contributed by atoms with van der Waals surface area (Å²) in [5.74, 6) is 3.47. The second kappa shape index (κ2) is 4.51. The molecule has 2 unspecified atom stereocenters. The molecule has 3 heteroatoms. The molecule has 0 spiro atoms. The number of aromatic nitrogens is 1. The van der Waals surface area contributed by atoms with Crippen LogP contribution in [-0.4, -0.2) is 36.1 Å². The van der Waals surface area contributed by atoms with E-state index in [9.17, 15) is 0 Å². The maximum Gasteiger partial charge on any atom is 0.119 e. The standard InChI is InChI=1S/C19H24N2O/c1-3-11-8-12-10-21-7-6-14-15-9-13(22-2)4-5-16(15)20-18(14)17(12)19(11)21/h4-5,9,11-12,17,19-20H,3,6-8,10H2,1-2H3/t11?,12-,17+,19+/m1/s1. The number of methoxy groups -OCH3 is 1.